The number of sulfonamides is 1. The fourth-order valence-corrected chi connectivity index (χ4v) is 5.08. The normalized spacial score (nSPS) is 20.6. The highest BCUT2D eigenvalue weighted by molar-refractivity contribution is 7.89. The third-order valence-electron chi connectivity index (χ3n) is 4.20. The van der Waals surface area contributed by atoms with Crippen LogP contribution in [0.15, 0.2) is 23.1 Å². The van der Waals surface area contributed by atoms with Crippen LogP contribution in [0.1, 0.15) is 31.1 Å². The molecule has 2 rings (SSSR count). The maximum absolute atomic E-state index is 13.1. The van der Waals surface area contributed by atoms with Crippen molar-refractivity contribution < 1.29 is 27.5 Å². The number of halogens is 1. The molecule has 8 nitrogen and oxygen atoms in total. The molecule has 0 spiro atoms. The van der Waals surface area contributed by atoms with E-state index in [-0.39, 0.29) is 53.9 Å². The lowest BCUT2D eigenvalue weighted by Crippen LogP contribution is -2.48. The number of morpholine rings is 1. The fourth-order valence-electron chi connectivity index (χ4n) is 2.99. The summed E-state index contributed by atoms with van der Waals surface area (Å²) in [5, 5.41) is 0.0244. The molecule has 1 aliphatic heterocycles. The van der Waals surface area contributed by atoms with Gasteiger partial charge in [-0.05, 0) is 39.0 Å². The second-order valence-corrected chi connectivity index (χ2v) is 9.00. The molecule has 2 unspecified atom stereocenters. The average molecular weight is 433 g/mol. The van der Waals surface area contributed by atoms with E-state index in [0.29, 0.717) is 0 Å². The van der Waals surface area contributed by atoms with E-state index in [0.717, 1.165) is 4.90 Å². The van der Waals surface area contributed by atoms with E-state index in [4.69, 9.17) is 21.1 Å². The average Bonchev–Trinajstić information content (AvgIpc) is 2.60. The van der Waals surface area contributed by atoms with Crippen molar-refractivity contribution in [1.82, 2.24) is 9.21 Å². The van der Waals surface area contributed by atoms with E-state index in [1.807, 2.05) is 0 Å². The summed E-state index contributed by atoms with van der Waals surface area (Å²) in [5.74, 6) is -1.05. The zero-order valence-corrected chi connectivity index (χ0v) is 17.9. The number of likely N-dealkylation sites (N-methyl/N-ethyl adjacent to an activating group) is 1. The Labute approximate surface area is 170 Å². The number of nitrogens with zero attached hydrogens (tertiary/aromatic N) is 2. The van der Waals surface area contributed by atoms with Crippen LogP contribution in [0, 0.1) is 0 Å². The maximum Gasteiger partial charge on any atom is 0.325 e. The molecule has 28 heavy (non-hydrogen) atoms. The topological polar surface area (TPSA) is 93.2 Å². The van der Waals surface area contributed by atoms with Crippen molar-refractivity contribution >= 4 is 33.5 Å². The number of esters is 1. The van der Waals surface area contributed by atoms with Gasteiger partial charge >= 0.3 is 5.97 Å². The first kappa shape index (κ1) is 22.6. The van der Waals surface area contributed by atoms with Gasteiger partial charge in [-0.3, -0.25) is 9.59 Å². The summed E-state index contributed by atoms with van der Waals surface area (Å²) in [6.07, 6.45) is -0.504. The van der Waals surface area contributed by atoms with E-state index in [9.17, 15) is 18.0 Å². The van der Waals surface area contributed by atoms with Gasteiger partial charge in [-0.15, -0.1) is 0 Å². The number of ether oxygens (including phenoxy) is 2. The fraction of sp³-hybridized carbons (Fsp3) is 0.556. The van der Waals surface area contributed by atoms with Crippen molar-refractivity contribution in [2.75, 3.05) is 33.3 Å². The van der Waals surface area contributed by atoms with Crippen molar-refractivity contribution in [3.05, 3.63) is 28.8 Å². The van der Waals surface area contributed by atoms with Crippen molar-refractivity contribution in [1.29, 1.82) is 0 Å². The molecule has 10 heteroatoms. The molecular weight excluding hydrogens is 408 g/mol. The van der Waals surface area contributed by atoms with Gasteiger partial charge in [-0.25, -0.2) is 8.42 Å². The van der Waals surface area contributed by atoms with Crippen LogP contribution in [0.4, 0.5) is 0 Å². The molecule has 1 aromatic rings. The Morgan fingerprint density at radius 2 is 1.89 bits per heavy atom. The summed E-state index contributed by atoms with van der Waals surface area (Å²) in [7, 11) is -2.48. The molecule has 156 valence electrons. The Morgan fingerprint density at radius 1 is 1.29 bits per heavy atom. The Bertz CT molecular complexity index is 834. The van der Waals surface area contributed by atoms with E-state index in [2.05, 4.69) is 0 Å². The van der Waals surface area contributed by atoms with Crippen LogP contribution in [0.25, 0.3) is 0 Å². The van der Waals surface area contributed by atoms with Crippen molar-refractivity contribution in [2.45, 2.75) is 37.9 Å². The predicted molar refractivity (Wildman–Crippen MR) is 104 cm³/mol. The van der Waals surface area contributed by atoms with Crippen LogP contribution in [-0.4, -0.2) is 75.0 Å². The van der Waals surface area contributed by atoms with Gasteiger partial charge in [0.05, 0.1) is 23.8 Å². The second kappa shape index (κ2) is 9.21. The SMILES string of the molecule is CCOC(=O)CN(C)C(=O)c1ccc(Cl)c(S(=O)(=O)N2CC(C)OC(C)C2)c1. The van der Waals surface area contributed by atoms with Gasteiger partial charge in [-0.2, -0.15) is 4.31 Å². The summed E-state index contributed by atoms with van der Waals surface area (Å²) >= 11 is 6.15. The Balaban J connectivity index is 2.29. The zero-order valence-electron chi connectivity index (χ0n) is 16.3. The molecule has 1 amide bonds. The molecule has 0 radical (unpaired) electrons. The van der Waals surface area contributed by atoms with Crippen molar-refractivity contribution in [2.24, 2.45) is 0 Å². The highest BCUT2D eigenvalue weighted by atomic mass is 35.5. The van der Waals surface area contributed by atoms with Crippen LogP contribution in [0.5, 0.6) is 0 Å². The highest BCUT2D eigenvalue weighted by Gasteiger charge is 2.34. The molecule has 1 aromatic carbocycles. The Morgan fingerprint density at radius 3 is 2.46 bits per heavy atom. The van der Waals surface area contributed by atoms with Crippen LogP contribution >= 0.6 is 11.6 Å². The number of carbonyl (C=O) groups is 2. The minimum Gasteiger partial charge on any atom is -0.465 e. The van der Waals surface area contributed by atoms with Gasteiger partial charge in [0.1, 0.15) is 11.4 Å². The third-order valence-corrected chi connectivity index (χ3v) is 6.51. The molecule has 2 atom stereocenters. The molecule has 0 saturated carbocycles. The summed E-state index contributed by atoms with van der Waals surface area (Å²) in [5.41, 5.74) is 0.115. The van der Waals surface area contributed by atoms with Crippen molar-refractivity contribution in [3.8, 4) is 0 Å². The predicted octanol–water partition coefficient (Wildman–Crippen LogP) is 1.77. The minimum absolute atomic E-state index is 0.0244. The molecule has 0 N–H and O–H groups in total. The number of amides is 1. The van der Waals surface area contributed by atoms with Gasteiger partial charge in [0.2, 0.25) is 10.0 Å². The number of hydrogen-bond donors (Lipinski definition) is 0. The number of hydrogen-bond acceptors (Lipinski definition) is 6. The molecule has 1 fully saturated rings. The lowest BCUT2D eigenvalue weighted by Gasteiger charge is -2.34. The quantitative estimate of drug-likeness (QED) is 0.636. The molecule has 1 heterocycles. The first-order valence-corrected chi connectivity index (χ1v) is 10.7. The highest BCUT2D eigenvalue weighted by Crippen LogP contribution is 2.28. The van der Waals surface area contributed by atoms with Crippen LogP contribution in [0.2, 0.25) is 5.02 Å². The van der Waals surface area contributed by atoms with Gasteiger partial charge in [-0.1, -0.05) is 11.6 Å². The Kier molecular flexibility index (Phi) is 7.44. The van der Waals surface area contributed by atoms with Crippen LogP contribution in [0.3, 0.4) is 0 Å². The second-order valence-electron chi connectivity index (χ2n) is 6.69. The van der Waals surface area contributed by atoms with Crippen molar-refractivity contribution in [3.63, 3.8) is 0 Å². The number of rotatable bonds is 6. The summed E-state index contributed by atoms with van der Waals surface area (Å²) in [4.78, 5) is 25.2. The monoisotopic (exact) mass is 432 g/mol. The Hall–Kier alpha value is -1.68. The maximum atomic E-state index is 13.1. The molecule has 1 saturated heterocycles. The molecule has 0 aromatic heterocycles. The molecule has 0 bridgehead atoms. The van der Waals surface area contributed by atoms with Crippen LogP contribution in [-0.2, 0) is 24.3 Å². The van der Waals surface area contributed by atoms with E-state index < -0.39 is 21.9 Å². The standard InChI is InChI=1S/C18H25ClN2O6S/c1-5-26-17(22)11-20(4)18(23)14-6-7-15(19)16(8-14)28(24,25)21-9-12(2)27-13(3)10-21/h6-8,12-13H,5,9-11H2,1-4H3. The summed E-state index contributed by atoms with van der Waals surface area (Å²) in [6, 6.07) is 4.04. The summed E-state index contributed by atoms with van der Waals surface area (Å²) < 4.78 is 37.9. The first-order valence-electron chi connectivity index (χ1n) is 8.92. The largest absolute Gasteiger partial charge is 0.465 e. The summed E-state index contributed by atoms with van der Waals surface area (Å²) in [6.45, 7) is 5.63. The number of carbonyl (C=O) groups excluding carboxylic acids is 2. The number of benzene rings is 1. The molecule has 0 aliphatic carbocycles. The minimum atomic E-state index is -3.91. The van der Waals surface area contributed by atoms with Crippen LogP contribution < -0.4 is 0 Å². The van der Waals surface area contributed by atoms with Gasteiger partial charge < -0.3 is 14.4 Å². The lowest BCUT2D eigenvalue weighted by molar-refractivity contribution is -0.143. The zero-order chi connectivity index (χ0) is 21.1. The first-order chi connectivity index (χ1) is 13.1. The smallest absolute Gasteiger partial charge is 0.325 e. The van der Waals surface area contributed by atoms with Gasteiger partial charge in [0.15, 0.2) is 0 Å². The third kappa shape index (κ3) is 5.22. The van der Waals surface area contributed by atoms with Gasteiger partial charge in [0.25, 0.3) is 5.91 Å². The van der Waals surface area contributed by atoms with Gasteiger partial charge in [0, 0.05) is 25.7 Å². The molecule has 1 aliphatic rings. The molecular formula is C18H25ClN2O6S. The van der Waals surface area contributed by atoms with E-state index in [1.165, 1.54) is 29.6 Å². The lowest BCUT2D eigenvalue weighted by atomic mass is 10.2. The van der Waals surface area contributed by atoms with E-state index in [1.54, 1.807) is 20.8 Å². The van der Waals surface area contributed by atoms with E-state index >= 15 is 0 Å².